The molecular weight excluding hydrogens is 233 g/mol. The van der Waals surface area contributed by atoms with Gasteiger partial charge in [0.2, 0.25) is 0 Å². The van der Waals surface area contributed by atoms with Crippen molar-refractivity contribution in [3.05, 3.63) is 35.9 Å². The molecule has 2 N–H and O–H groups in total. The third-order valence-corrected chi connectivity index (χ3v) is 3.37. The van der Waals surface area contributed by atoms with E-state index in [0.717, 1.165) is 5.56 Å². The van der Waals surface area contributed by atoms with Crippen LogP contribution in [0.25, 0.3) is 0 Å². The molecule has 1 fully saturated rings. The molecule has 0 aromatic heterocycles. The molecule has 3 atom stereocenters. The zero-order valence-electron chi connectivity index (χ0n) is 10.2. The lowest BCUT2D eigenvalue weighted by molar-refractivity contribution is -0.152. The van der Waals surface area contributed by atoms with Gasteiger partial charge in [-0.1, -0.05) is 30.3 Å². The van der Waals surface area contributed by atoms with Gasteiger partial charge in [-0.2, -0.15) is 0 Å². The fraction of sp³-hybridized carbons (Fsp3) is 0.500. The smallest absolute Gasteiger partial charge is 0.310 e. The second-order valence-corrected chi connectivity index (χ2v) is 4.77. The van der Waals surface area contributed by atoms with Crippen LogP contribution in [0.4, 0.5) is 4.39 Å². The van der Waals surface area contributed by atoms with Gasteiger partial charge in [0.15, 0.2) is 0 Å². The van der Waals surface area contributed by atoms with Crippen LogP contribution in [0.15, 0.2) is 30.3 Å². The molecule has 0 radical (unpaired) electrons. The summed E-state index contributed by atoms with van der Waals surface area (Å²) in [6.07, 6.45) is 0.254. The lowest BCUT2D eigenvalue weighted by atomic mass is 9.84. The zero-order valence-corrected chi connectivity index (χ0v) is 10.2. The van der Waals surface area contributed by atoms with E-state index in [1.54, 1.807) is 0 Å². The number of halogens is 1. The number of hydrogen-bond donors (Lipinski definition) is 1. The van der Waals surface area contributed by atoms with Crippen LogP contribution in [0, 0.1) is 5.92 Å². The predicted molar refractivity (Wildman–Crippen MR) is 66.5 cm³/mol. The third kappa shape index (κ3) is 3.29. The van der Waals surface area contributed by atoms with Gasteiger partial charge < -0.3 is 10.5 Å². The molecule has 1 aliphatic carbocycles. The largest absolute Gasteiger partial charge is 0.461 e. The van der Waals surface area contributed by atoms with Crippen molar-refractivity contribution < 1.29 is 13.9 Å². The van der Waals surface area contributed by atoms with E-state index in [9.17, 15) is 9.18 Å². The third-order valence-electron chi connectivity index (χ3n) is 3.37. The molecule has 0 amide bonds. The molecular formula is C14H18FNO2. The second-order valence-electron chi connectivity index (χ2n) is 4.77. The summed E-state index contributed by atoms with van der Waals surface area (Å²) in [5, 5.41) is 0. The van der Waals surface area contributed by atoms with Gasteiger partial charge in [0.1, 0.15) is 12.8 Å². The van der Waals surface area contributed by atoms with Gasteiger partial charge >= 0.3 is 5.97 Å². The van der Waals surface area contributed by atoms with Crippen LogP contribution >= 0.6 is 0 Å². The summed E-state index contributed by atoms with van der Waals surface area (Å²) in [5.41, 5.74) is 6.77. The molecule has 1 aromatic rings. The summed E-state index contributed by atoms with van der Waals surface area (Å²) < 4.78 is 18.5. The number of carbonyl (C=O) groups excluding carboxylic acids is 1. The number of nitrogens with two attached hydrogens (primary N) is 1. The Morgan fingerprint density at radius 2 is 2.06 bits per heavy atom. The molecule has 98 valence electrons. The number of benzene rings is 1. The van der Waals surface area contributed by atoms with Gasteiger partial charge in [-0.05, 0) is 24.8 Å². The van der Waals surface area contributed by atoms with E-state index in [1.165, 1.54) is 0 Å². The highest BCUT2D eigenvalue weighted by Crippen LogP contribution is 2.26. The topological polar surface area (TPSA) is 52.3 Å². The Morgan fingerprint density at radius 1 is 1.33 bits per heavy atom. The summed E-state index contributed by atoms with van der Waals surface area (Å²) in [6, 6.07) is 9.15. The highest BCUT2D eigenvalue weighted by atomic mass is 19.1. The number of hydrogen-bond acceptors (Lipinski definition) is 3. The number of ether oxygens (including phenoxy) is 1. The summed E-state index contributed by atoms with van der Waals surface area (Å²) in [4.78, 5) is 11.9. The number of alkyl halides is 1. The van der Waals surface area contributed by atoms with E-state index < -0.39 is 12.1 Å². The molecule has 0 aliphatic heterocycles. The SMILES string of the molecule is NC1CCC(F)CC1C(=O)OCc1ccccc1. The minimum atomic E-state index is -0.931. The normalized spacial score (nSPS) is 27.8. The molecule has 1 saturated carbocycles. The van der Waals surface area contributed by atoms with Crippen molar-refractivity contribution >= 4 is 5.97 Å². The first kappa shape index (κ1) is 13.0. The highest BCUT2D eigenvalue weighted by Gasteiger charge is 2.34. The van der Waals surface area contributed by atoms with Gasteiger partial charge in [-0.3, -0.25) is 4.79 Å². The Balaban J connectivity index is 1.87. The molecule has 0 bridgehead atoms. The quantitative estimate of drug-likeness (QED) is 0.838. The number of carbonyl (C=O) groups is 1. The molecule has 1 aliphatic rings. The predicted octanol–water partition coefficient (Wildman–Crippen LogP) is 2.20. The van der Waals surface area contributed by atoms with E-state index >= 15 is 0 Å². The van der Waals surface area contributed by atoms with Crippen molar-refractivity contribution in [2.75, 3.05) is 0 Å². The van der Waals surface area contributed by atoms with Crippen molar-refractivity contribution in [1.29, 1.82) is 0 Å². The Bertz CT molecular complexity index is 396. The van der Waals surface area contributed by atoms with Crippen LogP contribution < -0.4 is 5.73 Å². The summed E-state index contributed by atoms with van der Waals surface area (Å²) >= 11 is 0. The molecule has 2 rings (SSSR count). The molecule has 4 heteroatoms. The number of rotatable bonds is 3. The minimum Gasteiger partial charge on any atom is -0.461 e. The average molecular weight is 251 g/mol. The van der Waals surface area contributed by atoms with Crippen LogP contribution in [-0.4, -0.2) is 18.2 Å². The van der Waals surface area contributed by atoms with Gasteiger partial charge in [-0.25, -0.2) is 4.39 Å². The Kier molecular flexibility index (Phi) is 4.31. The second kappa shape index (κ2) is 5.96. The van der Waals surface area contributed by atoms with Crippen molar-refractivity contribution in [3.8, 4) is 0 Å². The van der Waals surface area contributed by atoms with Crippen molar-refractivity contribution in [1.82, 2.24) is 0 Å². The van der Waals surface area contributed by atoms with E-state index in [0.29, 0.717) is 12.8 Å². The molecule has 0 heterocycles. The first-order chi connectivity index (χ1) is 8.66. The first-order valence-electron chi connectivity index (χ1n) is 6.27. The summed E-state index contributed by atoms with van der Waals surface area (Å²) in [5.74, 6) is -0.883. The molecule has 0 spiro atoms. The lowest BCUT2D eigenvalue weighted by Crippen LogP contribution is -2.42. The van der Waals surface area contributed by atoms with Crippen LogP contribution in [-0.2, 0) is 16.1 Å². The van der Waals surface area contributed by atoms with Gasteiger partial charge in [-0.15, -0.1) is 0 Å². The molecule has 18 heavy (non-hydrogen) atoms. The standard InChI is InChI=1S/C14H18FNO2/c15-11-6-7-13(16)12(8-11)14(17)18-9-10-4-2-1-3-5-10/h1-5,11-13H,6-9,16H2. The van der Waals surface area contributed by atoms with Crippen LogP contribution in [0.3, 0.4) is 0 Å². The van der Waals surface area contributed by atoms with Crippen LogP contribution in [0.2, 0.25) is 0 Å². The average Bonchev–Trinajstić information content (AvgIpc) is 2.40. The highest BCUT2D eigenvalue weighted by molar-refractivity contribution is 5.73. The van der Waals surface area contributed by atoms with Gasteiger partial charge in [0, 0.05) is 6.04 Å². The van der Waals surface area contributed by atoms with Crippen molar-refractivity contribution in [2.45, 2.75) is 38.1 Å². The molecule has 1 aromatic carbocycles. The summed E-state index contributed by atoms with van der Waals surface area (Å²) in [6.45, 7) is 0.222. The van der Waals surface area contributed by atoms with Gasteiger partial charge in [0.05, 0.1) is 5.92 Å². The van der Waals surface area contributed by atoms with Gasteiger partial charge in [0.25, 0.3) is 0 Å². The number of esters is 1. The minimum absolute atomic E-state index is 0.189. The Morgan fingerprint density at radius 3 is 2.78 bits per heavy atom. The van der Waals surface area contributed by atoms with E-state index in [-0.39, 0.29) is 25.0 Å². The maximum absolute atomic E-state index is 13.3. The van der Waals surface area contributed by atoms with Crippen molar-refractivity contribution in [2.24, 2.45) is 11.7 Å². The van der Waals surface area contributed by atoms with E-state index in [4.69, 9.17) is 10.5 Å². The van der Waals surface area contributed by atoms with Crippen LogP contribution in [0.5, 0.6) is 0 Å². The van der Waals surface area contributed by atoms with E-state index in [1.807, 2.05) is 30.3 Å². The molecule has 0 saturated heterocycles. The first-order valence-corrected chi connectivity index (χ1v) is 6.27. The van der Waals surface area contributed by atoms with Crippen LogP contribution in [0.1, 0.15) is 24.8 Å². The lowest BCUT2D eigenvalue weighted by Gasteiger charge is -2.28. The summed E-state index contributed by atoms with van der Waals surface area (Å²) in [7, 11) is 0. The Labute approximate surface area is 106 Å². The Hall–Kier alpha value is -1.42. The van der Waals surface area contributed by atoms with Crippen molar-refractivity contribution in [3.63, 3.8) is 0 Å². The maximum Gasteiger partial charge on any atom is 0.310 e. The maximum atomic E-state index is 13.3. The zero-order chi connectivity index (χ0) is 13.0. The molecule has 3 nitrogen and oxygen atoms in total. The monoisotopic (exact) mass is 251 g/mol. The fourth-order valence-electron chi connectivity index (χ4n) is 2.25. The molecule has 3 unspecified atom stereocenters. The fourth-order valence-corrected chi connectivity index (χ4v) is 2.25. The van der Waals surface area contributed by atoms with E-state index in [2.05, 4.69) is 0 Å².